The third kappa shape index (κ3) is 17.4. The standard InChI is InChI=1S/C32H56N2O3/c1-4-5-6-13-21-29(37-27-26-35)22-14-11-9-7-8-10-12-15-24-31(36)34-25-18-20-28-19-16-17-23-30(28)32(2,3)33/h11,14,16-17,19,23,29,35H,4-10,12-13,15,18,20-22,24-27,33H2,1-3H3,(H,34,36)/b14-11-. The molecule has 0 radical (unpaired) electrons. The summed E-state index contributed by atoms with van der Waals surface area (Å²) in [5, 5.41) is 12.1. The lowest BCUT2D eigenvalue weighted by Crippen LogP contribution is -2.30. The van der Waals surface area contributed by atoms with Crippen LogP contribution < -0.4 is 11.1 Å². The molecule has 1 aromatic rings. The van der Waals surface area contributed by atoms with Crippen LogP contribution in [0, 0.1) is 0 Å². The topological polar surface area (TPSA) is 84.6 Å². The van der Waals surface area contributed by atoms with Crippen molar-refractivity contribution in [3.63, 3.8) is 0 Å². The molecule has 1 unspecified atom stereocenters. The van der Waals surface area contributed by atoms with Crippen LogP contribution in [0.3, 0.4) is 0 Å². The summed E-state index contributed by atoms with van der Waals surface area (Å²) in [5.41, 5.74) is 8.41. The molecular weight excluding hydrogens is 460 g/mol. The van der Waals surface area contributed by atoms with Gasteiger partial charge in [-0.15, -0.1) is 0 Å². The van der Waals surface area contributed by atoms with Crippen molar-refractivity contribution >= 4 is 5.91 Å². The first-order valence-corrected chi connectivity index (χ1v) is 14.9. The fraction of sp³-hybridized carbons (Fsp3) is 0.719. The zero-order valence-corrected chi connectivity index (χ0v) is 24.1. The van der Waals surface area contributed by atoms with Gasteiger partial charge >= 0.3 is 0 Å². The Morgan fingerprint density at radius 3 is 2.51 bits per heavy atom. The van der Waals surface area contributed by atoms with Crippen molar-refractivity contribution in [3.8, 4) is 0 Å². The summed E-state index contributed by atoms with van der Waals surface area (Å²) >= 11 is 0. The monoisotopic (exact) mass is 516 g/mol. The summed E-state index contributed by atoms with van der Waals surface area (Å²) in [6.07, 6.45) is 21.1. The number of aryl methyl sites for hydroxylation is 1. The summed E-state index contributed by atoms with van der Waals surface area (Å²) in [6.45, 7) is 7.55. The van der Waals surface area contributed by atoms with E-state index in [1.807, 2.05) is 19.9 Å². The Balaban J connectivity index is 2.05. The third-order valence-corrected chi connectivity index (χ3v) is 6.82. The number of nitrogens with two attached hydrogens (primary N) is 1. The number of amides is 1. The number of benzene rings is 1. The maximum absolute atomic E-state index is 12.1. The van der Waals surface area contributed by atoms with E-state index in [0.29, 0.717) is 13.0 Å². The summed E-state index contributed by atoms with van der Waals surface area (Å²) in [7, 11) is 0. The maximum Gasteiger partial charge on any atom is 0.219 e. The van der Waals surface area contributed by atoms with Gasteiger partial charge in [0.15, 0.2) is 0 Å². The molecule has 0 heterocycles. The Morgan fingerprint density at radius 1 is 1.03 bits per heavy atom. The number of rotatable bonds is 23. The highest BCUT2D eigenvalue weighted by Gasteiger charge is 2.17. The van der Waals surface area contributed by atoms with Crippen LogP contribution in [0.2, 0.25) is 0 Å². The second kappa shape index (κ2) is 21.3. The molecule has 0 aromatic heterocycles. The highest BCUT2D eigenvalue weighted by atomic mass is 16.5. The van der Waals surface area contributed by atoms with E-state index >= 15 is 0 Å². The fourth-order valence-electron chi connectivity index (χ4n) is 4.69. The molecule has 4 N–H and O–H groups in total. The number of hydrogen-bond acceptors (Lipinski definition) is 4. The molecule has 212 valence electrons. The van der Waals surface area contributed by atoms with Crippen LogP contribution in [-0.2, 0) is 21.5 Å². The van der Waals surface area contributed by atoms with E-state index < -0.39 is 0 Å². The number of carbonyl (C=O) groups is 1. The Labute approximate surface area is 227 Å². The van der Waals surface area contributed by atoms with Crippen LogP contribution in [0.5, 0.6) is 0 Å². The zero-order chi connectivity index (χ0) is 27.2. The van der Waals surface area contributed by atoms with E-state index in [2.05, 4.69) is 42.6 Å². The van der Waals surface area contributed by atoms with Crippen molar-refractivity contribution in [1.29, 1.82) is 0 Å². The van der Waals surface area contributed by atoms with Gasteiger partial charge in [0, 0.05) is 18.5 Å². The average molecular weight is 517 g/mol. The minimum absolute atomic E-state index is 0.0969. The van der Waals surface area contributed by atoms with Crippen molar-refractivity contribution in [3.05, 3.63) is 47.5 Å². The van der Waals surface area contributed by atoms with Crippen molar-refractivity contribution in [1.82, 2.24) is 5.32 Å². The van der Waals surface area contributed by atoms with Crippen LogP contribution in [0.25, 0.3) is 0 Å². The molecule has 5 nitrogen and oxygen atoms in total. The molecular formula is C32H56N2O3. The molecule has 0 aliphatic carbocycles. The number of unbranched alkanes of at least 4 members (excludes halogenated alkanes) is 8. The highest BCUT2D eigenvalue weighted by molar-refractivity contribution is 5.75. The first-order valence-electron chi connectivity index (χ1n) is 14.9. The zero-order valence-electron chi connectivity index (χ0n) is 24.1. The molecule has 0 aliphatic rings. The molecule has 1 atom stereocenters. The molecule has 0 saturated carbocycles. The first-order chi connectivity index (χ1) is 17.9. The fourth-order valence-corrected chi connectivity index (χ4v) is 4.69. The maximum atomic E-state index is 12.1. The Kier molecular flexibility index (Phi) is 19.2. The third-order valence-electron chi connectivity index (χ3n) is 6.82. The smallest absolute Gasteiger partial charge is 0.219 e. The van der Waals surface area contributed by atoms with Gasteiger partial charge in [0.25, 0.3) is 0 Å². The van der Waals surface area contributed by atoms with E-state index in [0.717, 1.165) is 51.5 Å². The number of hydrogen-bond donors (Lipinski definition) is 3. The van der Waals surface area contributed by atoms with Gasteiger partial charge in [-0.3, -0.25) is 4.79 Å². The number of ether oxygens (including phenoxy) is 1. The van der Waals surface area contributed by atoms with Gasteiger partial charge in [-0.1, -0.05) is 88.3 Å². The van der Waals surface area contributed by atoms with Gasteiger partial charge in [0.2, 0.25) is 5.91 Å². The lowest BCUT2D eigenvalue weighted by atomic mass is 9.89. The Hall–Kier alpha value is -1.69. The van der Waals surface area contributed by atoms with E-state index in [9.17, 15) is 4.79 Å². The van der Waals surface area contributed by atoms with E-state index in [4.69, 9.17) is 15.6 Å². The van der Waals surface area contributed by atoms with Gasteiger partial charge in [-0.25, -0.2) is 0 Å². The van der Waals surface area contributed by atoms with Crippen molar-refractivity contribution in [2.24, 2.45) is 5.73 Å². The lowest BCUT2D eigenvalue weighted by Gasteiger charge is -2.23. The second-order valence-corrected chi connectivity index (χ2v) is 10.9. The van der Waals surface area contributed by atoms with Gasteiger partial charge in [0.1, 0.15) is 0 Å². The van der Waals surface area contributed by atoms with Crippen molar-refractivity contribution in [2.45, 2.75) is 129 Å². The number of allylic oxidation sites excluding steroid dienone is 1. The number of carbonyl (C=O) groups excluding carboxylic acids is 1. The van der Waals surface area contributed by atoms with Crippen molar-refractivity contribution < 1.29 is 14.6 Å². The minimum atomic E-state index is -0.345. The Morgan fingerprint density at radius 2 is 1.76 bits per heavy atom. The van der Waals surface area contributed by atoms with Crippen LogP contribution in [0.1, 0.15) is 122 Å². The predicted molar refractivity (Wildman–Crippen MR) is 157 cm³/mol. The van der Waals surface area contributed by atoms with Crippen LogP contribution in [0.4, 0.5) is 0 Å². The molecule has 37 heavy (non-hydrogen) atoms. The van der Waals surface area contributed by atoms with Crippen molar-refractivity contribution in [2.75, 3.05) is 19.8 Å². The van der Waals surface area contributed by atoms with Crippen LogP contribution >= 0.6 is 0 Å². The summed E-state index contributed by atoms with van der Waals surface area (Å²) < 4.78 is 5.79. The van der Waals surface area contributed by atoms with Crippen LogP contribution in [-0.4, -0.2) is 36.9 Å². The highest BCUT2D eigenvalue weighted by Crippen LogP contribution is 2.22. The van der Waals surface area contributed by atoms with E-state index in [1.165, 1.54) is 56.1 Å². The summed E-state index contributed by atoms with van der Waals surface area (Å²) in [5.74, 6) is 0.169. The second-order valence-electron chi connectivity index (χ2n) is 10.9. The quantitative estimate of drug-likeness (QED) is 0.108. The molecule has 1 rings (SSSR count). The minimum Gasteiger partial charge on any atom is -0.394 e. The lowest BCUT2D eigenvalue weighted by molar-refractivity contribution is -0.121. The average Bonchev–Trinajstić information content (AvgIpc) is 2.87. The number of nitrogens with one attached hydrogen (secondary N) is 1. The molecule has 0 aliphatic heterocycles. The number of aliphatic hydroxyl groups is 1. The number of aliphatic hydroxyl groups excluding tert-OH is 1. The molecule has 5 heteroatoms. The molecule has 0 bridgehead atoms. The SMILES string of the molecule is CCCCCCC(C/C=C\CCCCCCCC(=O)NCCCc1ccccc1C(C)(C)N)OCCO. The molecule has 1 aromatic carbocycles. The predicted octanol–water partition coefficient (Wildman–Crippen LogP) is 6.95. The van der Waals surface area contributed by atoms with E-state index in [1.54, 1.807) is 0 Å². The van der Waals surface area contributed by atoms with Crippen LogP contribution in [0.15, 0.2) is 36.4 Å². The molecule has 0 saturated heterocycles. The van der Waals surface area contributed by atoms with E-state index in [-0.39, 0.29) is 24.2 Å². The van der Waals surface area contributed by atoms with Gasteiger partial charge in [-0.2, -0.15) is 0 Å². The molecule has 0 spiro atoms. The van der Waals surface area contributed by atoms with Gasteiger partial charge in [0.05, 0.1) is 19.3 Å². The molecule has 1 amide bonds. The Bertz CT molecular complexity index is 727. The van der Waals surface area contributed by atoms with Gasteiger partial charge in [-0.05, 0) is 69.9 Å². The first kappa shape index (κ1) is 33.3. The largest absolute Gasteiger partial charge is 0.394 e. The summed E-state index contributed by atoms with van der Waals surface area (Å²) in [4.78, 5) is 12.1. The van der Waals surface area contributed by atoms with Gasteiger partial charge < -0.3 is 20.9 Å². The normalized spacial score (nSPS) is 12.8. The summed E-state index contributed by atoms with van der Waals surface area (Å²) in [6, 6.07) is 8.34. The molecule has 0 fully saturated rings.